The maximum Gasteiger partial charge on any atom is 0.133 e. The van der Waals surface area contributed by atoms with Crippen LogP contribution in [0.2, 0.25) is 0 Å². The molecule has 2 rings (SSSR count). The van der Waals surface area contributed by atoms with E-state index in [9.17, 15) is 4.79 Å². The van der Waals surface area contributed by atoms with E-state index >= 15 is 0 Å². The van der Waals surface area contributed by atoms with E-state index in [4.69, 9.17) is 0 Å². The molecule has 14 heavy (non-hydrogen) atoms. The molecule has 2 nitrogen and oxygen atoms in total. The van der Waals surface area contributed by atoms with Crippen LogP contribution in [-0.4, -0.2) is 11.3 Å². The number of nitrogens with one attached hydrogen (secondary N) is 1. The molecule has 0 bridgehead atoms. The van der Waals surface area contributed by atoms with Gasteiger partial charge in [0, 0.05) is 11.9 Å². The third-order valence-corrected chi connectivity index (χ3v) is 2.25. The molecule has 2 heteroatoms. The first-order chi connectivity index (χ1) is 6.92. The molecule has 1 atom stereocenters. The first kappa shape index (κ1) is 8.75. The van der Waals surface area contributed by atoms with Crippen LogP contribution < -0.4 is 0 Å². The number of aromatic amines is 1. The summed E-state index contributed by atoms with van der Waals surface area (Å²) in [6, 6.07) is 13.6. The quantitative estimate of drug-likeness (QED) is 0.731. The lowest BCUT2D eigenvalue weighted by Crippen LogP contribution is -2.02. The maximum atomic E-state index is 11.0. The molecule has 0 aliphatic carbocycles. The monoisotopic (exact) mass is 185 g/mol. The fourth-order valence-corrected chi connectivity index (χ4v) is 1.53. The van der Waals surface area contributed by atoms with Gasteiger partial charge in [-0.25, -0.2) is 0 Å². The van der Waals surface area contributed by atoms with Crippen molar-refractivity contribution < 1.29 is 4.79 Å². The van der Waals surface area contributed by atoms with E-state index in [1.165, 1.54) is 0 Å². The van der Waals surface area contributed by atoms with Crippen LogP contribution in [0.5, 0.6) is 0 Å². The molecule has 2 aromatic rings. The lowest BCUT2D eigenvalue weighted by molar-refractivity contribution is -0.108. The molecule has 1 aromatic heterocycles. The van der Waals surface area contributed by atoms with Crippen LogP contribution in [0, 0.1) is 0 Å². The number of hydrogen-bond acceptors (Lipinski definition) is 1. The van der Waals surface area contributed by atoms with E-state index in [0.29, 0.717) is 0 Å². The second kappa shape index (κ2) is 3.92. The first-order valence-electron chi connectivity index (χ1n) is 4.55. The van der Waals surface area contributed by atoms with E-state index < -0.39 is 0 Å². The SMILES string of the molecule is O=CC(c1ccccc1)c1ccc[nH]1. The fraction of sp³-hybridized carbons (Fsp3) is 0.0833. The Morgan fingerprint density at radius 2 is 1.86 bits per heavy atom. The van der Waals surface area contributed by atoms with Crippen molar-refractivity contribution in [1.29, 1.82) is 0 Å². The largest absolute Gasteiger partial charge is 0.364 e. The van der Waals surface area contributed by atoms with Gasteiger partial charge in [-0.2, -0.15) is 0 Å². The minimum Gasteiger partial charge on any atom is -0.364 e. The topological polar surface area (TPSA) is 32.9 Å². The summed E-state index contributed by atoms with van der Waals surface area (Å²) in [5.41, 5.74) is 1.95. The van der Waals surface area contributed by atoms with Crippen LogP contribution in [0.3, 0.4) is 0 Å². The van der Waals surface area contributed by atoms with Crippen molar-refractivity contribution in [2.24, 2.45) is 0 Å². The van der Waals surface area contributed by atoms with E-state index in [0.717, 1.165) is 17.5 Å². The number of rotatable bonds is 3. The second-order valence-electron chi connectivity index (χ2n) is 3.15. The van der Waals surface area contributed by atoms with Crippen molar-refractivity contribution in [2.75, 3.05) is 0 Å². The summed E-state index contributed by atoms with van der Waals surface area (Å²) in [6.45, 7) is 0. The molecule has 0 amide bonds. The number of hydrogen-bond donors (Lipinski definition) is 1. The summed E-state index contributed by atoms with van der Waals surface area (Å²) in [5, 5.41) is 0. The molecular weight excluding hydrogens is 174 g/mol. The smallest absolute Gasteiger partial charge is 0.133 e. The van der Waals surface area contributed by atoms with Gasteiger partial charge in [0.25, 0.3) is 0 Å². The minimum atomic E-state index is -0.175. The van der Waals surface area contributed by atoms with E-state index in [1.807, 2.05) is 48.7 Å². The number of aldehydes is 1. The Balaban J connectivity index is 2.36. The number of H-pyrrole nitrogens is 1. The first-order valence-corrected chi connectivity index (χ1v) is 4.55. The lowest BCUT2D eigenvalue weighted by atomic mass is 9.98. The van der Waals surface area contributed by atoms with Gasteiger partial charge in [0.05, 0.1) is 5.92 Å². The minimum absolute atomic E-state index is 0.175. The Kier molecular flexibility index (Phi) is 2.45. The molecule has 0 fully saturated rings. The van der Waals surface area contributed by atoms with Crippen LogP contribution in [0.1, 0.15) is 17.2 Å². The van der Waals surface area contributed by atoms with Gasteiger partial charge in [-0.15, -0.1) is 0 Å². The Hall–Kier alpha value is -1.83. The highest BCUT2D eigenvalue weighted by atomic mass is 16.1. The average molecular weight is 185 g/mol. The number of carbonyl (C=O) groups excluding carboxylic acids is 1. The summed E-state index contributed by atoms with van der Waals surface area (Å²) in [5.74, 6) is -0.175. The molecular formula is C12H11NO. The summed E-state index contributed by atoms with van der Waals surface area (Å²) in [6.07, 6.45) is 2.79. The fourth-order valence-electron chi connectivity index (χ4n) is 1.53. The molecule has 0 saturated heterocycles. The van der Waals surface area contributed by atoms with E-state index in [1.54, 1.807) is 0 Å². The molecule has 70 valence electrons. The van der Waals surface area contributed by atoms with Crippen molar-refractivity contribution >= 4 is 6.29 Å². The second-order valence-corrected chi connectivity index (χ2v) is 3.15. The molecule has 1 N–H and O–H groups in total. The third-order valence-electron chi connectivity index (χ3n) is 2.25. The Labute approximate surface area is 82.6 Å². The van der Waals surface area contributed by atoms with E-state index in [-0.39, 0.29) is 5.92 Å². The summed E-state index contributed by atoms with van der Waals surface area (Å²) < 4.78 is 0. The van der Waals surface area contributed by atoms with Gasteiger partial charge in [0.2, 0.25) is 0 Å². The zero-order chi connectivity index (χ0) is 9.80. The molecule has 1 unspecified atom stereocenters. The van der Waals surface area contributed by atoms with Crippen molar-refractivity contribution in [3.05, 3.63) is 59.9 Å². The Bertz CT molecular complexity index is 392. The summed E-state index contributed by atoms with van der Waals surface area (Å²) in [7, 11) is 0. The summed E-state index contributed by atoms with van der Waals surface area (Å²) in [4.78, 5) is 14.0. The van der Waals surface area contributed by atoms with Crippen molar-refractivity contribution in [1.82, 2.24) is 4.98 Å². The highest BCUT2D eigenvalue weighted by Crippen LogP contribution is 2.20. The molecule has 0 aliphatic heterocycles. The zero-order valence-corrected chi connectivity index (χ0v) is 7.68. The molecule has 0 spiro atoms. The van der Waals surface area contributed by atoms with Crippen LogP contribution >= 0.6 is 0 Å². The van der Waals surface area contributed by atoms with Gasteiger partial charge < -0.3 is 9.78 Å². The predicted octanol–water partition coefficient (Wildman–Crippen LogP) is 2.35. The molecule has 0 saturated carbocycles. The highest BCUT2D eigenvalue weighted by molar-refractivity contribution is 5.67. The highest BCUT2D eigenvalue weighted by Gasteiger charge is 2.12. The molecule has 1 heterocycles. The Morgan fingerprint density at radius 1 is 1.07 bits per heavy atom. The number of carbonyl (C=O) groups is 1. The molecule has 0 radical (unpaired) electrons. The molecule has 0 aliphatic rings. The van der Waals surface area contributed by atoms with E-state index in [2.05, 4.69) is 4.98 Å². The third kappa shape index (κ3) is 1.59. The molecule has 1 aromatic carbocycles. The number of aromatic nitrogens is 1. The van der Waals surface area contributed by atoms with Crippen LogP contribution in [0.15, 0.2) is 48.7 Å². The van der Waals surface area contributed by atoms with Gasteiger partial charge >= 0.3 is 0 Å². The van der Waals surface area contributed by atoms with Crippen molar-refractivity contribution in [3.63, 3.8) is 0 Å². The van der Waals surface area contributed by atoms with Crippen molar-refractivity contribution in [2.45, 2.75) is 5.92 Å². The maximum absolute atomic E-state index is 11.0. The zero-order valence-electron chi connectivity index (χ0n) is 7.68. The predicted molar refractivity (Wildman–Crippen MR) is 55.1 cm³/mol. The normalized spacial score (nSPS) is 12.3. The summed E-state index contributed by atoms with van der Waals surface area (Å²) >= 11 is 0. The standard InChI is InChI=1S/C12H11NO/c14-9-11(12-7-4-8-13-12)10-5-2-1-3-6-10/h1-9,11,13H. The van der Waals surface area contributed by atoms with Crippen LogP contribution in [0.4, 0.5) is 0 Å². The average Bonchev–Trinajstić information content (AvgIpc) is 2.74. The van der Waals surface area contributed by atoms with Crippen LogP contribution in [-0.2, 0) is 4.79 Å². The number of benzene rings is 1. The van der Waals surface area contributed by atoms with Gasteiger partial charge in [0.15, 0.2) is 0 Å². The Morgan fingerprint density at radius 3 is 2.43 bits per heavy atom. The van der Waals surface area contributed by atoms with Gasteiger partial charge in [-0.1, -0.05) is 30.3 Å². The van der Waals surface area contributed by atoms with Gasteiger partial charge in [-0.3, -0.25) is 0 Å². The van der Waals surface area contributed by atoms with Crippen LogP contribution in [0.25, 0.3) is 0 Å². The van der Waals surface area contributed by atoms with Gasteiger partial charge in [0.1, 0.15) is 6.29 Å². The lowest BCUT2D eigenvalue weighted by Gasteiger charge is -2.07. The van der Waals surface area contributed by atoms with Crippen molar-refractivity contribution in [3.8, 4) is 0 Å². The van der Waals surface area contributed by atoms with Gasteiger partial charge in [-0.05, 0) is 17.7 Å².